The van der Waals surface area contributed by atoms with E-state index in [0.717, 1.165) is 18.6 Å². The fraction of sp³-hybridized carbons (Fsp3) is 0.917. The zero-order valence-electron chi connectivity index (χ0n) is 12.1. The second-order valence-corrected chi connectivity index (χ2v) is 8.17. The predicted octanol–water partition coefficient (Wildman–Crippen LogP) is 3.33. The normalized spacial score (nSPS) is 17.4. The van der Waals surface area contributed by atoms with Crippen LogP contribution in [0.5, 0.6) is 0 Å². The second-order valence-electron chi connectivity index (χ2n) is 4.66. The SMILES string of the molecule is CCOP(=O)(CSCC1CCN(C(=O)O)CC1)OCC. The van der Waals surface area contributed by atoms with E-state index in [2.05, 4.69) is 0 Å². The number of rotatable bonds is 8. The molecule has 0 radical (unpaired) electrons. The molecule has 6 nitrogen and oxygen atoms in total. The molecule has 1 aliphatic rings. The lowest BCUT2D eigenvalue weighted by atomic mass is 9.99. The van der Waals surface area contributed by atoms with Crippen molar-refractivity contribution >= 4 is 25.5 Å². The first kappa shape index (κ1) is 17.8. The molecule has 20 heavy (non-hydrogen) atoms. The van der Waals surface area contributed by atoms with E-state index >= 15 is 0 Å². The van der Waals surface area contributed by atoms with Crippen LogP contribution in [-0.2, 0) is 13.6 Å². The summed E-state index contributed by atoms with van der Waals surface area (Å²) in [7, 11) is -2.96. The number of hydrogen-bond donors (Lipinski definition) is 1. The first-order valence-electron chi connectivity index (χ1n) is 6.94. The maximum atomic E-state index is 12.2. The van der Waals surface area contributed by atoms with Gasteiger partial charge in [-0.15, -0.1) is 11.8 Å². The third kappa shape index (κ3) is 6.04. The molecular weight excluding hydrogens is 301 g/mol. The molecule has 118 valence electrons. The highest BCUT2D eigenvalue weighted by Gasteiger charge is 2.26. The Balaban J connectivity index is 2.27. The molecule has 0 unspecified atom stereocenters. The molecule has 0 aromatic carbocycles. The molecule has 1 rings (SSSR count). The third-order valence-electron chi connectivity index (χ3n) is 3.14. The van der Waals surface area contributed by atoms with Crippen LogP contribution in [0.3, 0.4) is 0 Å². The summed E-state index contributed by atoms with van der Waals surface area (Å²) in [4.78, 5) is 12.3. The number of carbonyl (C=O) groups is 1. The summed E-state index contributed by atoms with van der Waals surface area (Å²) < 4.78 is 22.7. The summed E-state index contributed by atoms with van der Waals surface area (Å²) >= 11 is 1.58. The van der Waals surface area contributed by atoms with Crippen molar-refractivity contribution in [3.05, 3.63) is 0 Å². The summed E-state index contributed by atoms with van der Waals surface area (Å²) in [6.07, 6.45) is 0.896. The van der Waals surface area contributed by atoms with Crippen LogP contribution in [0.25, 0.3) is 0 Å². The second kappa shape index (κ2) is 8.93. The Hall–Kier alpha value is -0.230. The smallest absolute Gasteiger partial charge is 0.407 e. The van der Waals surface area contributed by atoms with Gasteiger partial charge in [-0.3, -0.25) is 4.57 Å². The number of amides is 1. The minimum absolute atomic E-state index is 0.369. The number of likely N-dealkylation sites (tertiary alicyclic amines) is 1. The van der Waals surface area contributed by atoms with Crippen molar-refractivity contribution < 1.29 is 23.5 Å². The van der Waals surface area contributed by atoms with Crippen molar-refractivity contribution in [2.75, 3.05) is 37.6 Å². The first-order chi connectivity index (χ1) is 9.50. The van der Waals surface area contributed by atoms with Crippen molar-refractivity contribution in [1.82, 2.24) is 4.90 Å². The van der Waals surface area contributed by atoms with Gasteiger partial charge in [0.05, 0.1) is 18.7 Å². The van der Waals surface area contributed by atoms with Gasteiger partial charge in [-0.25, -0.2) is 4.79 Å². The summed E-state index contributed by atoms with van der Waals surface area (Å²) in [5.74, 6) is 1.35. The van der Waals surface area contributed by atoms with Crippen molar-refractivity contribution in [3.63, 3.8) is 0 Å². The molecular formula is C12H24NO5PS. The van der Waals surface area contributed by atoms with E-state index in [4.69, 9.17) is 14.2 Å². The quantitative estimate of drug-likeness (QED) is 0.690. The van der Waals surface area contributed by atoms with Crippen molar-refractivity contribution in [2.45, 2.75) is 26.7 Å². The number of carboxylic acid groups (broad SMARTS) is 1. The van der Waals surface area contributed by atoms with Crippen molar-refractivity contribution in [2.24, 2.45) is 5.92 Å². The summed E-state index contributed by atoms with van der Waals surface area (Å²) in [6, 6.07) is 0. The molecule has 1 amide bonds. The highest BCUT2D eigenvalue weighted by molar-refractivity contribution is 8.04. The van der Waals surface area contributed by atoms with Crippen LogP contribution < -0.4 is 0 Å². The van der Waals surface area contributed by atoms with E-state index in [-0.39, 0.29) is 0 Å². The standard InChI is InChI=1S/C12H24NO5PS/c1-3-17-19(16,18-4-2)10-20-9-11-5-7-13(8-6-11)12(14)15/h11H,3-10H2,1-2H3,(H,14,15). The molecule has 0 spiro atoms. The maximum Gasteiger partial charge on any atom is 0.407 e. The minimum Gasteiger partial charge on any atom is -0.465 e. The average molecular weight is 325 g/mol. The molecule has 1 aliphatic heterocycles. The molecule has 0 saturated carbocycles. The van der Waals surface area contributed by atoms with E-state index in [9.17, 15) is 9.36 Å². The topological polar surface area (TPSA) is 76.1 Å². The van der Waals surface area contributed by atoms with E-state index in [1.54, 1.807) is 25.6 Å². The lowest BCUT2D eigenvalue weighted by Gasteiger charge is -2.29. The Bertz CT molecular complexity index is 337. The van der Waals surface area contributed by atoms with Gasteiger partial charge in [0.2, 0.25) is 0 Å². The Kier molecular flexibility index (Phi) is 7.95. The van der Waals surface area contributed by atoms with E-state index in [1.807, 2.05) is 0 Å². The van der Waals surface area contributed by atoms with Crippen LogP contribution in [0, 0.1) is 5.92 Å². The van der Waals surface area contributed by atoms with E-state index in [1.165, 1.54) is 4.90 Å². The minimum atomic E-state index is -2.96. The highest BCUT2D eigenvalue weighted by atomic mass is 32.2. The van der Waals surface area contributed by atoms with Gasteiger partial charge < -0.3 is 19.1 Å². The number of hydrogen-bond acceptors (Lipinski definition) is 5. The van der Waals surface area contributed by atoms with Gasteiger partial charge in [-0.05, 0) is 38.4 Å². The summed E-state index contributed by atoms with van der Waals surface area (Å²) in [5, 5.41) is 8.88. The number of thioether (sulfide) groups is 1. The van der Waals surface area contributed by atoms with Gasteiger partial charge in [0, 0.05) is 13.1 Å². The maximum absolute atomic E-state index is 12.2. The lowest BCUT2D eigenvalue weighted by Crippen LogP contribution is -2.37. The molecule has 8 heteroatoms. The Labute approximate surface area is 124 Å². The van der Waals surface area contributed by atoms with E-state index < -0.39 is 13.7 Å². The van der Waals surface area contributed by atoms with Crippen LogP contribution in [-0.4, -0.2) is 53.6 Å². The molecule has 1 saturated heterocycles. The Morgan fingerprint density at radius 2 is 1.85 bits per heavy atom. The van der Waals surface area contributed by atoms with Crippen molar-refractivity contribution in [1.29, 1.82) is 0 Å². The average Bonchev–Trinajstić information content (AvgIpc) is 2.39. The van der Waals surface area contributed by atoms with Crippen LogP contribution in [0.2, 0.25) is 0 Å². The van der Waals surface area contributed by atoms with Crippen molar-refractivity contribution in [3.8, 4) is 0 Å². The molecule has 0 aliphatic carbocycles. The van der Waals surface area contributed by atoms with Crippen LogP contribution >= 0.6 is 19.4 Å². The molecule has 1 N–H and O–H groups in total. The van der Waals surface area contributed by atoms with Crippen LogP contribution in [0.4, 0.5) is 4.79 Å². The fourth-order valence-corrected chi connectivity index (χ4v) is 5.57. The Morgan fingerprint density at radius 1 is 1.30 bits per heavy atom. The third-order valence-corrected chi connectivity index (χ3v) is 7.15. The van der Waals surface area contributed by atoms with Gasteiger partial charge >= 0.3 is 13.7 Å². The number of piperidine rings is 1. The van der Waals surface area contributed by atoms with Crippen LogP contribution in [0.1, 0.15) is 26.7 Å². The van der Waals surface area contributed by atoms with Gasteiger partial charge in [0.15, 0.2) is 0 Å². The molecule has 0 aromatic heterocycles. The largest absolute Gasteiger partial charge is 0.465 e. The fourth-order valence-electron chi connectivity index (χ4n) is 2.13. The van der Waals surface area contributed by atoms with Crippen LogP contribution in [0.15, 0.2) is 0 Å². The Morgan fingerprint density at radius 3 is 2.30 bits per heavy atom. The molecule has 1 heterocycles. The molecule has 0 aromatic rings. The predicted molar refractivity (Wildman–Crippen MR) is 80.5 cm³/mol. The summed E-state index contributed by atoms with van der Waals surface area (Å²) in [6.45, 7) is 5.56. The molecule has 0 bridgehead atoms. The zero-order chi connectivity index (χ0) is 15.0. The summed E-state index contributed by atoms with van der Waals surface area (Å²) in [5.41, 5.74) is 0.369. The lowest BCUT2D eigenvalue weighted by molar-refractivity contribution is 0.127. The highest BCUT2D eigenvalue weighted by Crippen LogP contribution is 2.51. The zero-order valence-corrected chi connectivity index (χ0v) is 13.8. The van der Waals surface area contributed by atoms with Gasteiger partial charge in [-0.1, -0.05) is 0 Å². The van der Waals surface area contributed by atoms with Gasteiger partial charge in [0.25, 0.3) is 0 Å². The first-order valence-corrected chi connectivity index (χ1v) is 9.82. The molecule has 0 atom stereocenters. The number of nitrogens with zero attached hydrogens (tertiary/aromatic N) is 1. The molecule has 1 fully saturated rings. The van der Waals surface area contributed by atoms with Gasteiger partial charge in [0.1, 0.15) is 0 Å². The monoisotopic (exact) mass is 325 g/mol. The van der Waals surface area contributed by atoms with Gasteiger partial charge in [-0.2, -0.15) is 0 Å². The van der Waals surface area contributed by atoms with E-state index in [0.29, 0.717) is 37.7 Å².